The summed E-state index contributed by atoms with van der Waals surface area (Å²) in [5.74, 6) is 0. The summed E-state index contributed by atoms with van der Waals surface area (Å²) in [6.07, 6.45) is -2.77. The molecule has 112 valence electrons. The Hall–Kier alpha value is -1.63. The minimum absolute atomic E-state index is 0.328. The fourth-order valence-corrected chi connectivity index (χ4v) is 2.80. The highest BCUT2D eigenvalue weighted by atomic mass is 16.7. The first kappa shape index (κ1) is 14.3. The molecule has 0 radical (unpaired) electrons. The van der Waals surface area contributed by atoms with Gasteiger partial charge in [0.25, 0.3) is 0 Å². The van der Waals surface area contributed by atoms with Gasteiger partial charge in [0, 0.05) is 10.5 Å². The average molecular weight is 291 g/mol. The van der Waals surface area contributed by atoms with Gasteiger partial charge in [-0.25, -0.2) is 0 Å². The predicted octanol–water partition coefficient (Wildman–Crippen LogP) is 1.93. The average Bonchev–Trinajstić information content (AvgIpc) is 2.52. The van der Waals surface area contributed by atoms with Crippen molar-refractivity contribution in [1.82, 2.24) is 0 Å². The molecular formula is C14H17N3O4. The van der Waals surface area contributed by atoms with Crippen LogP contribution in [0.25, 0.3) is 10.4 Å². The number of nitrogens with zero attached hydrogens (tertiary/aromatic N) is 3. The van der Waals surface area contributed by atoms with E-state index in [9.17, 15) is 5.11 Å². The maximum atomic E-state index is 10.4. The van der Waals surface area contributed by atoms with Crippen LogP contribution in [-0.2, 0) is 14.2 Å². The van der Waals surface area contributed by atoms with E-state index in [-0.39, 0.29) is 12.2 Å². The van der Waals surface area contributed by atoms with Gasteiger partial charge in [-0.15, -0.1) is 0 Å². The first-order valence-electron chi connectivity index (χ1n) is 6.90. The van der Waals surface area contributed by atoms with E-state index >= 15 is 0 Å². The molecule has 1 N–H and O–H groups in total. The monoisotopic (exact) mass is 291 g/mol. The van der Waals surface area contributed by atoms with Gasteiger partial charge >= 0.3 is 0 Å². The number of benzene rings is 1. The molecule has 0 bridgehead atoms. The van der Waals surface area contributed by atoms with Crippen LogP contribution in [0.5, 0.6) is 0 Å². The molecule has 1 aromatic rings. The van der Waals surface area contributed by atoms with E-state index in [1.165, 1.54) is 0 Å². The third-order valence-electron chi connectivity index (χ3n) is 3.87. The van der Waals surface area contributed by atoms with Gasteiger partial charge in [-0.05, 0) is 12.5 Å². The molecule has 7 nitrogen and oxygen atoms in total. The Balaban J connectivity index is 1.78. The summed E-state index contributed by atoms with van der Waals surface area (Å²) in [5, 5.41) is 14.0. The molecule has 0 saturated carbocycles. The summed E-state index contributed by atoms with van der Waals surface area (Å²) in [5.41, 5.74) is 9.48. The molecular weight excluding hydrogens is 274 g/mol. The van der Waals surface area contributed by atoms with Crippen molar-refractivity contribution in [1.29, 1.82) is 0 Å². The molecule has 2 aliphatic heterocycles. The van der Waals surface area contributed by atoms with Crippen LogP contribution in [0.1, 0.15) is 18.8 Å². The topological polar surface area (TPSA) is 96.7 Å². The van der Waals surface area contributed by atoms with Gasteiger partial charge in [0.05, 0.1) is 24.9 Å². The molecule has 2 saturated heterocycles. The highest BCUT2D eigenvalue weighted by molar-refractivity contribution is 5.16. The Labute approximate surface area is 122 Å². The largest absolute Gasteiger partial charge is 0.390 e. The summed E-state index contributed by atoms with van der Waals surface area (Å²) in [6, 6.07) is 8.83. The highest BCUT2D eigenvalue weighted by Crippen LogP contribution is 2.34. The summed E-state index contributed by atoms with van der Waals surface area (Å²) >= 11 is 0. The summed E-state index contributed by atoms with van der Waals surface area (Å²) < 4.78 is 17.2. The number of rotatable bonds is 2. The Kier molecular flexibility index (Phi) is 4.10. The van der Waals surface area contributed by atoms with Crippen molar-refractivity contribution in [2.24, 2.45) is 5.11 Å². The molecule has 6 atom stereocenters. The van der Waals surface area contributed by atoms with E-state index < -0.39 is 24.5 Å². The minimum Gasteiger partial charge on any atom is -0.390 e. The van der Waals surface area contributed by atoms with E-state index in [1.807, 2.05) is 30.3 Å². The molecule has 0 spiro atoms. The Bertz CT molecular complexity index is 534. The first-order valence-corrected chi connectivity index (χ1v) is 6.90. The quantitative estimate of drug-likeness (QED) is 0.511. The van der Waals surface area contributed by atoms with Crippen molar-refractivity contribution >= 4 is 0 Å². The van der Waals surface area contributed by atoms with Crippen LogP contribution in [0.15, 0.2) is 35.4 Å². The summed E-state index contributed by atoms with van der Waals surface area (Å²) in [4.78, 5) is 2.77. The van der Waals surface area contributed by atoms with E-state index in [4.69, 9.17) is 19.7 Å². The number of ether oxygens (including phenoxy) is 3. The second-order valence-corrected chi connectivity index (χ2v) is 5.24. The van der Waals surface area contributed by atoms with Gasteiger partial charge in [-0.1, -0.05) is 35.4 Å². The zero-order valence-electron chi connectivity index (χ0n) is 11.6. The number of aliphatic hydroxyl groups is 1. The zero-order valence-corrected chi connectivity index (χ0v) is 11.6. The standard InChI is InChI=1S/C14H17N3O4/c1-8-11(16-17-15)12(18)13-10(20-8)7-19-14(21-13)9-5-3-2-4-6-9/h2-6,8,10-14,18H,7H2,1H3/t8-,10?,11?,12-,13-,14?/m1/s1. The first-order chi connectivity index (χ1) is 10.2. The van der Waals surface area contributed by atoms with Crippen LogP contribution in [0.4, 0.5) is 0 Å². The fourth-order valence-electron chi connectivity index (χ4n) is 2.80. The molecule has 3 rings (SSSR count). The number of fused-ring (bicyclic) bond motifs is 1. The molecule has 2 fully saturated rings. The van der Waals surface area contributed by atoms with Crippen LogP contribution in [0.2, 0.25) is 0 Å². The van der Waals surface area contributed by atoms with Crippen molar-refractivity contribution in [2.75, 3.05) is 6.61 Å². The number of aliphatic hydroxyl groups excluding tert-OH is 1. The molecule has 2 heterocycles. The minimum atomic E-state index is -0.912. The van der Waals surface area contributed by atoms with Crippen molar-refractivity contribution in [3.8, 4) is 0 Å². The van der Waals surface area contributed by atoms with E-state index in [0.29, 0.717) is 6.61 Å². The summed E-state index contributed by atoms with van der Waals surface area (Å²) in [6.45, 7) is 2.09. The summed E-state index contributed by atoms with van der Waals surface area (Å²) in [7, 11) is 0. The van der Waals surface area contributed by atoms with Crippen LogP contribution in [0.3, 0.4) is 0 Å². The second kappa shape index (κ2) is 6.01. The van der Waals surface area contributed by atoms with E-state index in [0.717, 1.165) is 5.56 Å². The highest BCUT2D eigenvalue weighted by Gasteiger charge is 2.47. The number of azide groups is 1. The van der Waals surface area contributed by atoms with Crippen molar-refractivity contribution in [3.63, 3.8) is 0 Å². The van der Waals surface area contributed by atoms with Crippen molar-refractivity contribution < 1.29 is 19.3 Å². The van der Waals surface area contributed by atoms with Gasteiger partial charge in [0.1, 0.15) is 12.2 Å². The van der Waals surface area contributed by atoms with Gasteiger partial charge < -0.3 is 19.3 Å². The molecule has 0 amide bonds. The van der Waals surface area contributed by atoms with Crippen LogP contribution in [-0.4, -0.2) is 42.2 Å². The maximum Gasteiger partial charge on any atom is 0.184 e. The third kappa shape index (κ3) is 2.74. The Morgan fingerprint density at radius 3 is 2.76 bits per heavy atom. The predicted molar refractivity (Wildman–Crippen MR) is 73.3 cm³/mol. The lowest BCUT2D eigenvalue weighted by molar-refractivity contribution is -0.311. The SMILES string of the molecule is C[C@H]1OC2COC(c3ccccc3)O[C@H]2[C@H](O)C1N=[N+]=[N-]. The molecule has 1 aromatic carbocycles. The van der Waals surface area contributed by atoms with Gasteiger partial charge in [-0.2, -0.15) is 0 Å². The van der Waals surface area contributed by atoms with Gasteiger partial charge in [0.2, 0.25) is 0 Å². The van der Waals surface area contributed by atoms with Crippen molar-refractivity contribution in [2.45, 2.75) is 43.7 Å². The number of hydrogen-bond donors (Lipinski definition) is 1. The molecule has 0 aliphatic carbocycles. The van der Waals surface area contributed by atoms with Gasteiger partial charge in [-0.3, -0.25) is 0 Å². The zero-order chi connectivity index (χ0) is 14.8. The van der Waals surface area contributed by atoms with Crippen LogP contribution in [0, 0.1) is 0 Å². The lowest BCUT2D eigenvalue weighted by atomic mass is 9.93. The van der Waals surface area contributed by atoms with Crippen LogP contribution >= 0.6 is 0 Å². The van der Waals surface area contributed by atoms with Crippen molar-refractivity contribution in [3.05, 3.63) is 46.3 Å². The molecule has 2 aliphatic rings. The Morgan fingerprint density at radius 2 is 2.05 bits per heavy atom. The second-order valence-electron chi connectivity index (χ2n) is 5.24. The maximum absolute atomic E-state index is 10.4. The molecule has 3 unspecified atom stereocenters. The smallest absolute Gasteiger partial charge is 0.184 e. The fraction of sp³-hybridized carbons (Fsp3) is 0.571. The Morgan fingerprint density at radius 1 is 1.29 bits per heavy atom. The third-order valence-corrected chi connectivity index (χ3v) is 3.87. The van der Waals surface area contributed by atoms with E-state index in [2.05, 4.69) is 10.0 Å². The van der Waals surface area contributed by atoms with Crippen LogP contribution < -0.4 is 0 Å². The molecule has 21 heavy (non-hydrogen) atoms. The lowest BCUT2D eigenvalue weighted by Crippen LogP contribution is -2.60. The lowest BCUT2D eigenvalue weighted by Gasteiger charge is -2.46. The number of hydrogen-bond acceptors (Lipinski definition) is 5. The normalized spacial score (nSPS) is 39.1. The molecule has 7 heteroatoms. The van der Waals surface area contributed by atoms with Gasteiger partial charge in [0.15, 0.2) is 6.29 Å². The molecule has 0 aromatic heterocycles. The van der Waals surface area contributed by atoms with E-state index in [1.54, 1.807) is 6.92 Å².